The van der Waals surface area contributed by atoms with Crippen LogP contribution in [-0.2, 0) is 17.6 Å². The van der Waals surface area contributed by atoms with E-state index in [2.05, 4.69) is 5.32 Å². The van der Waals surface area contributed by atoms with E-state index in [4.69, 9.17) is 22.3 Å². The summed E-state index contributed by atoms with van der Waals surface area (Å²) in [5, 5.41) is 2.93. The number of nitrogens with one attached hydrogen (secondary N) is 1. The van der Waals surface area contributed by atoms with E-state index in [1.807, 2.05) is 19.1 Å². The number of primary amides is 1. The minimum absolute atomic E-state index is 0.172. The van der Waals surface area contributed by atoms with Crippen LogP contribution in [0.15, 0.2) is 28.2 Å². The quantitative estimate of drug-likeness (QED) is 0.437. The topological polar surface area (TPSA) is 107 Å². The molecule has 0 radical (unpaired) electrons. The number of carbonyl (C=O) groups excluding carboxylic acids is 2. The lowest BCUT2D eigenvalue weighted by Gasteiger charge is -2.16. The summed E-state index contributed by atoms with van der Waals surface area (Å²) >= 11 is 8.98. The van der Waals surface area contributed by atoms with Crippen molar-refractivity contribution < 1.29 is 9.59 Å². The summed E-state index contributed by atoms with van der Waals surface area (Å²) in [6.45, 7) is 3.52. The molecule has 1 unspecified atom stereocenters. The van der Waals surface area contributed by atoms with Gasteiger partial charge in [0.1, 0.15) is 4.83 Å². The van der Waals surface area contributed by atoms with Gasteiger partial charge in [0.05, 0.1) is 16.3 Å². The molecular weight excluding hydrogens is 456 g/mol. The maximum atomic E-state index is 13.7. The lowest BCUT2D eigenvalue weighted by atomic mass is 9.97. The van der Waals surface area contributed by atoms with Gasteiger partial charge in [-0.25, -0.2) is 9.78 Å². The summed E-state index contributed by atoms with van der Waals surface area (Å²) in [5.41, 5.74) is 7.46. The molecule has 1 aliphatic carbocycles. The second kappa shape index (κ2) is 8.64. The first-order valence-corrected chi connectivity index (χ1v) is 11.9. The molecule has 10 heteroatoms. The van der Waals surface area contributed by atoms with E-state index in [9.17, 15) is 14.4 Å². The van der Waals surface area contributed by atoms with E-state index < -0.39 is 17.2 Å². The zero-order valence-electron chi connectivity index (χ0n) is 17.0. The number of carbonyl (C=O) groups is 2. The monoisotopic (exact) mass is 476 g/mol. The predicted molar refractivity (Wildman–Crippen MR) is 125 cm³/mol. The number of fused-ring (bicyclic) bond motifs is 3. The van der Waals surface area contributed by atoms with Crippen molar-refractivity contribution >= 4 is 56.9 Å². The fraction of sp³-hybridized carbons (Fsp3) is 0.333. The second-order valence-corrected chi connectivity index (χ2v) is 10.3. The maximum Gasteiger partial charge on any atom is 0.318 e. The second-order valence-electron chi connectivity index (χ2n) is 7.47. The number of nitrogens with zero attached hydrogens (tertiary/aromatic N) is 2. The molecule has 7 nitrogen and oxygen atoms in total. The van der Waals surface area contributed by atoms with Crippen molar-refractivity contribution in [2.24, 2.45) is 5.73 Å². The smallest absolute Gasteiger partial charge is 0.318 e. The lowest BCUT2D eigenvalue weighted by Crippen LogP contribution is -2.39. The largest absolute Gasteiger partial charge is 0.351 e. The molecule has 31 heavy (non-hydrogen) atoms. The van der Waals surface area contributed by atoms with Gasteiger partial charge in [0.25, 0.3) is 5.56 Å². The Morgan fingerprint density at radius 3 is 2.77 bits per heavy atom. The van der Waals surface area contributed by atoms with Crippen LogP contribution in [0.5, 0.6) is 0 Å². The number of benzene rings is 1. The Morgan fingerprint density at radius 1 is 1.32 bits per heavy atom. The number of thiophene rings is 1. The highest BCUT2D eigenvalue weighted by Gasteiger charge is 2.25. The van der Waals surface area contributed by atoms with Crippen molar-refractivity contribution in [3.05, 3.63) is 49.6 Å². The zero-order valence-corrected chi connectivity index (χ0v) is 19.4. The Balaban J connectivity index is 1.90. The molecule has 3 amide bonds. The summed E-state index contributed by atoms with van der Waals surface area (Å²) in [6.07, 6.45) is 3.97. The normalized spacial score (nSPS) is 14.3. The van der Waals surface area contributed by atoms with Gasteiger partial charge >= 0.3 is 6.03 Å². The lowest BCUT2D eigenvalue weighted by molar-refractivity contribution is -0.119. The SMILES string of the molecule is Cc1ccc(-n2c(SC(C)C(=O)NC(N)=O)nc3sc4c(c3c2=O)CCCC4)cc1Cl. The van der Waals surface area contributed by atoms with E-state index in [0.29, 0.717) is 26.1 Å². The summed E-state index contributed by atoms with van der Waals surface area (Å²) < 4.78 is 1.51. The van der Waals surface area contributed by atoms with E-state index in [-0.39, 0.29) is 5.56 Å². The number of halogens is 1. The highest BCUT2D eigenvalue weighted by atomic mass is 35.5. The molecule has 3 N–H and O–H groups in total. The van der Waals surface area contributed by atoms with Crippen LogP contribution in [0, 0.1) is 6.92 Å². The molecule has 0 fully saturated rings. The van der Waals surface area contributed by atoms with Crippen LogP contribution in [0.3, 0.4) is 0 Å². The van der Waals surface area contributed by atoms with Gasteiger partial charge in [0, 0.05) is 9.90 Å². The Hall–Kier alpha value is -2.36. The molecule has 0 spiro atoms. The molecule has 0 saturated carbocycles. The van der Waals surface area contributed by atoms with Crippen molar-refractivity contribution in [1.29, 1.82) is 0 Å². The van der Waals surface area contributed by atoms with Crippen LogP contribution in [0.2, 0.25) is 5.02 Å². The number of hydrogen-bond acceptors (Lipinski definition) is 6. The number of amides is 3. The summed E-state index contributed by atoms with van der Waals surface area (Å²) in [6, 6.07) is 4.46. The van der Waals surface area contributed by atoms with Gasteiger partial charge in [0.15, 0.2) is 5.16 Å². The van der Waals surface area contributed by atoms with E-state index in [1.165, 1.54) is 9.44 Å². The summed E-state index contributed by atoms with van der Waals surface area (Å²) in [5.74, 6) is -0.550. The van der Waals surface area contributed by atoms with Crippen molar-refractivity contribution in [2.75, 3.05) is 0 Å². The summed E-state index contributed by atoms with van der Waals surface area (Å²) in [7, 11) is 0. The number of thioether (sulfide) groups is 1. The number of hydrogen-bond donors (Lipinski definition) is 2. The highest BCUT2D eigenvalue weighted by Crippen LogP contribution is 2.36. The number of urea groups is 1. The van der Waals surface area contributed by atoms with E-state index >= 15 is 0 Å². The number of aryl methyl sites for hydroxylation is 3. The Bertz CT molecular complexity index is 1270. The molecule has 1 aliphatic rings. The van der Waals surface area contributed by atoms with Gasteiger partial charge in [0.2, 0.25) is 5.91 Å². The van der Waals surface area contributed by atoms with Gasteiger partial charge in [-0.1, -0.05) is 29.4 Å². The third-order valence-electron chi connectivity index (χ3n) is 5.27. The number of aromatic nitrogens is 2. The van der Waals surface area contributed by atoms with Crippen molar-refractivity contribution in [1.82, 2.24) is 14.9 Å². The molecule has 0 bridgehead atoms. The average Bonchev–Trinajstić information content (AvgIpc) is 3.08. The van der Waals surface area contributed by atoms with Crippen LogP contribution in [0.25, 0.3) is 15.9 Å². The Morgan fingerprint density at radius 2 is 2.06 bits per heavy atom. The Labute approximate surface area is 192 Å². The first kappa shape index (κ1) is 21.9. The van der Waals surface area contributed by atoms with Gasteiger partial charge in [-0.15, -0.1) is 11.3 Å². The van der Waals surface area contributed by atoms with E-state index in [1.54, 1.807) is 24.3 Å². The van der Waals surface area contributed by atoms with Gasteiger partial charge < -0.3 is 5.73 Å². The molecular formula is C21H21ClN4O3S2. The molecule has 4 rings (SSSR count). The first-order valence-electron chi connectivity index (χ1n) is 9.87. The van der Waals surface area contributed by atoms with Gasteiger partial charge in [-0.2, -0.15) is 0 Å². The molecule has 0 saturated heterocycles. The maximum absolute atomic E-state index is 13.7. The van der Waals surface area contributed by atoms with Gasteiger partial charge in [-0.05, 0) is 62.8 Å². The standard InChI is InChI=1S/C21H21ClN4O3S2/c1-10-7-8-12(9-14(10)22)26-19(28)16-13-5-3-4-6-15(13)31-18(16)25-21(26)30-11(2)17(27)24-20(23)29/h7-9,11H,3-6H2,1-2H3,(H3,23,24,27,29). The molecule has 162 valence electrons. The minimum atomic E-state index is -0.922. The van der Waals surface area contributed by atoms with Crippen LogP contribution in [0.4, 0.5) is 4.79 Å². The van der Waals surface area contributed by atoms with E-state index in [0.717, 1.165) is 48.6 Å². The zero-order chi connectivity index (χ0) is 22.3. The summed E-state index contributed by atoms with van der Waals surface area (Å²) in [4.78, 5) is 43.7. The fourth-order valence-corrected chi connectivity index (χ4v) is 6.05. The average molecular weight is 477 g/mol. The molecule has 2 aromatic heterocycles. The number of nitrogens with two attached hydrogens (primary N) is 1. The van der Waals surface area contributed by atoms with Gasteiger partial charge in [-0.3, -0.25) is 19.5 Å². The number of imide groups is 1. The van der Waals surface area contributed by atoms with Crippen molar-refractivity contribution in [2.45, 2.75) is 49.9 Å². The number of rotatable bonds is 4. The first-order chi connectivity index (χ1) is 14.8. The van der Waals surface area contributed by atoms with Crippen molar-refractivity contribution in [3.63, 3.8) is 0 Å². The van der Waals surface area contributed by atoms with Crippen LogP contribution < -0.4 is 16.6 Å². The molecule has 1 aromatic carbocycles. The van der Waals surface area contributed by atoms with Crippen LogP contribution >= 0.6 is 34.7 Å². The molecule has 3 aromatic rings. The molecule has 1 atom stereocenters. The Kier molecular flexibility index (Phi) is 6.09. The molecule has 0 aliphatic heterocycles. The predicted octanol–water partition coefficient (Wildman–Crippen LogP) is 3.96. The third kappa shape index (κ3) is 4.22. The minimum Gasteiger partial charge on any atom is -0.351 e. The van der Waals surface area contributed by atoms with Crippen LogP contribution in [-0.4, -0.2) is 26.7 Å². The fourth-order valence-electron chi connectivity index (χ4n) is 3.65. The van der Waals surface area contributed by atoms with Crippen LogP contribution in [0.1, 0.15) is 35.8 Å². The molecule has 2 heterocycles. The third-order valence-corrected chi connectivity index (χ3v) is 7.91. The highest BCUT2D eigenvalue weighted by molar-refractivity contribution is 8.00. The van der Waals surface area contributed by atoms with Crippen molar-refractivity contribution in [3.8, 4) is 5.69 Å².